The largest absolute Gasteiger partial charge is 0.377 e. The van der Waals surface area contributed by atoms with E-state index in [-0.39, 0.29) is 11.2 Å². The highest BCUT2D eigenvalue weighted by atomic mass is 32.2. The highest BCUT2D eigenvalue weighted by Crippen LogP contribution is 2.51. The lowest BCUT2D eigenvalue weighted by Crippen LogP contribution is -2.66. The SMILES string of the molecule is CCN(CC)S(=O)(=O)CCN[C@@H]1[C@H]2CCO[C@@H]2C1(C)C. The highest BCUT2D eigenvalue weighted by molar-refractivity contribution is 7.89. The van der Waals surface area contributed by atoms with Gasteiger partial charge in [-0.1, -0.05) is 27.7 Å². The molecule has 2 rings (SSSR count). The van der Waals surface area contributed by atoms with Gasteiger partial charge in [0.25, 0.3) is 0 Å². The van der Waals surface area contributed by atoms with Crippen LogP contribution in [0.1, 0.15) is 34.1 Å². The molecule has 0 aromatic heterocycles. The van der Waals surface area contributed by atoms with Crippen LogP contribution in [0.5, 0.6) is 0 Å². The number of nitrogens with one attached hydrogen (secondary N) is 1. The van der Waals surface area contributed by atoms with Crippen molar-refractivity contribution in [3.63, 3.8) is 0 Å². The van der Waals surface area contributed by atoms with E-state index < -0.39 is 10.0 Å². The van der Waals surface area contributed by atoms with Gasteiger partial charge in [0.2, 0.25) is 10.0 Å². The van der Waals surface area contributed by atoms with Crippen LogP contribution in [0.2, 0.25) is 0 Å². The van der Waals surface area contributed by atoms with Gasteiger partial charge in [0, 0.05) is 43.6 Å². The molecule has 1 saturated heterocycles. The second-order valence-electron chi connectivity index (χ2n) is 6.40. The molecule has 3 atom stereocenters. The summed E-state index contributed by atoms with van der Waals surface area (Å²) in [6.07, 6.45) is 1.44. The Morgan fingerprint density at radius 2 is 1.95 bits per heavy atom. The average Bonchev–Trinajstić information content (AvgIpc) is 2.82. The summed E-state index contributed by atoms with van der Waals surface area (Å²) in [5.41, 5.74) is 0.111. The molecular formula is C14H28N2O3S. The molecule has 1 aliphatic carbocycles. The summed E-state index contributed by atoms with van der Waals surface area (Å²) >= 11 is 0. The average molecular weight is 304 g/mol. The van der Waals surface area contributed by atoms with Crippen molar-refractivity contribution in [2.45, 2.75) is 46.3 Å². The zero-order valence-corrected chi connectivity index (χ0v) is 13.9. The highest BCUT2D eigenvalue weighted by Gasteiger charge is 2.58. The first-order valence-electron chi connectivity index (χ1n) is 7.67. The lowest BCUT2D eigenvalue weighted by atomic mass is 9.57. The van der Waals surface area contributed by atoms with Crippen molar-refractivity contribution in [1.29, 1.82) is 0 Å². The van der Waals surface area contributed by atoms with Crippen molar-refractivity contribution >= 4 is 10.0 Å². The Labute approximate surface area is 123 Å². The van der Waals surface area contributed by atoms with Crippen molar-refractivity contribution in [2.75, 3.05) is 32.0 Å². The Hall–Kier alpha value is -0.170. The third kappa shape index (κ3) is 2.75. The van der Waals surface area contributed by atoms with Crippen LogP contribution < -0.4 is 5.32 Å². The van der Waals surface area contributed by atoms with Gasteiger partial charge in [-0.3, -0.25) is 0 Å². The van der Waals surface area contributed by atoms with Gasteiger partial charge >= 0.3 is 0 Å². The van der Waals surface area contributed by atoms with E-state index in [1.54, 1.807) is 0 Å². The molecule has 0 spiro atoms. The van der Waals surface area contributed by atoms with Gasteiger partial charge in [0.15, 0.2) is 0 Å². The molecule has 1 heterocycles. The van der Waals surface area contributed by atoms with E-state index in [0.717, 1.165) is 13.0 Å². The van der Waals surface area contributed by atoms with Crippen LogP contribution in [0.25, 0.3) is 0 Å². The topological polar surface area (TPSA) is 58.6 Å². The van der Waals surface area contributed by atoms with E-state index in [9.17, 15) is 8.42 Å². The second kappa shape index (κ2) is 5.91. The van der Waals surface area contributed by atoms with E-state index >= 15 is 0 Å². The molecule has 0 bridgehead atoms. The minimum absolute atomic E-state index is 0.111. The third-order valence-corrected chi connectivity index (χ3v) is 6.95. The number of ether oxygens (including phenoxy) is 1. The minimum atomic E-state index is -3.12. The number of rotatable bonds is 7. The maximum atomic E-state index is 12.1. The normalized spacial score (nSPS) is 32.1. The van der Waals surface area contributed by atoms with Crippen molar-refractivity contribution < 1.29 is 13.2 Å². The molecule has 5 nitrogen and oxygen atoms in total. The summed E-state index contributed by atoms with van der Waals surface area (Å²) in [5.74, 6) is 0.737. The van der Waals surface area contributed by atoms with E-state index in [1.807, 2.05) is 13.8 Å². The lowest BCUT2D eigenvalue weighted by molar-refractivity contribution is -0.111. The predicted octanol–water partition coefficient (Wildman–Crippen LogP) is 1.06. The van der Waals surface area contributed by atoms with Gasteiger partial charge < -0.3 is 10.1 Å². The smallest absolute Gasteiger partial charge is 0.215 e. The number of fused-ring (bicyclic) bond motifs is 1. The van der Waals surface area contributed by atoms with Crippen LogP contribution in [-0.2, 0) is 14.8 Å². The Morgan fingerprint density at radius 1 is 1.30 bits per heavy atom. The molecule has 6 heteroatoms. The van der Waals surface area contributed by atoms with Crippen LogP contribution in [0.15, 0.2) is 0 Å². The quantitative estimate of drug-likeness (QED) is 0.764. The summed E-state index contributed by atoms with van der Waals surface area (Å²) in [6, 6.07) is 0.377. The first-order chi connectivity index (χ1) is 9.34. The molecule has 0 radical (unpaired) electrons. The number of hydrogen-bond donors (Lipinski definition) is 1. The summed E-state index contributed by atoms with van der Waals surface area (Å²) in [7, 11) is -3.12. The molecule has 1 aliphatic heterocycles. The molecule has 2 aliphatic rings. The maximum Gasteiger partial charge on any atom is 0.215 e. The molecule has 2 fully saturated rings. The molecule has 1 N–H and O–H groups in total. The fourth-order valence-electron chi connectivity index (χ4n) is 3.83. The van der Waals surface area contributed by atoms with Crippen molar-refractivity contribution in [2.24, 2.45) is 11.3 Å². The Balaban J connectivity index is 1.85. The van der Waals surface area contributed by atoms with E-state index in [2.05, 4.69) is 19.2 Å². The van der Waals surface area contributed by atoms with E-state index in [1.165, 1.54) is 4.31 Å². The van der Waals surface area contributed by atoms with E-state index in [4.69, 9.17) is 4.74 Å². The minimum Gasteiger partial charge on any atom is -0.377 e. The maximum absolute atomic E-state index is 12.1. The molecule has 0 amide bonds. The zero-order chi connectivity index (χ0) is 15.0. The van der Waals surface area contributed by atoms with Gasteiger partial charge in [-0.15, -0.1) is 0 Å². The first kappa shape index (κ1) is 16.2. The first-order valence-corrected chi connectivity index (χ1v) is 9.28. The Kier molecular flexibility index (Phi) is 4.79. The molecule has 0 aromatic rings. The summed E-state index contributed by atoms with van der Waals surface area (Å²) in [4.78, 5) is 0. The van der Waals surface area contributed by atoms with Gasteiger partial charge in [0.1, 0.15) is 0 Å². The zero-order valence-electron chi connectivity index (χ0n) is 13.1. The van der Waals surface area contributed by atoms with Crippen molar-refractivity contribution in [3.8, 4) is 0 Å². The van der Waals surface area contributed by atoms with Crippen LogP contribution in [0.3, 0.4) is 0 Å². The Bertz CT molecular complexity index is 432. The van der Waals surface area contributed by atoms with Crippen LogP contribution in [0.4, 0.5) is 0 Å². The van der Waals surface area contributed by atoms with Crippen LogP contribution in [0, 0.1) is 11.3 Å². The molecule has 0 unspecified atom stereocenters. The summed E-state index contributed by atoms with van der Waals surface area (Å²) in [5, 5.41) is 3.45. The number of hydrogen-bond acceptors (Lipinski definition) is 4. The van der Waals surface area contributed by atoms with Gasteiger partial charge in [-0.2, -0.15) is 0 Å². The predicted molar refractivity (Wildman–Crippen MR) is 80.1 cm³/mol. The fourth-order valence-corrected chi connectivity index (χ4v) is 5.25. The second-order valence-corrected chi connectivity index (χ2v) is 8.49. The van der Waals surface area contributed by atoms with Gasteiger partial charge in [-0.25, -0.2) is 12.7 Å². The van der Waals surface area contributed by atoms with Crippen LogP contribution in [-0.4, -0.2) is 56.9 Å². The molecule has 1 saturated carbocycles. The molecule has 20 heavy (non-hydrogen) atoms. The fraction of sp³-hybridized carbons (Fsp3) is 1.00. The monoisotopic (exact) mass is 304 g/mol. The summed E-state index contributed by atoms with van der Waals surface area (Å²) in [6.45, 7) is 10.6. The standard InChI is InChI=1S/C14H28N2O3S/c1-5-16(6-2)20(17,18)10-8-15-12-11-7-9-19-13(11)14(12,3)4/h11-13,15H,5-10H2,1-4H3/t11-,12-,13+/m1/s1. The molecular weight excluding hydrogens is 276 g/mol. The summed E-state index contributed by atoms with van der Waals surface area (Å²) < 4.78 is 31.5. The Morgan fingerprint density at radius 3 is 2.55 bits per heavy atom. The molecule has 0 aromatic carbocycles. The number of sulfonamides is 1. The van der Waals surface area contributed by atoms with Crippen molar-refractivity contribution in [1.82, 2.24) is 9.62 Å². The number of nitrogens with zero attached hydrogens (tertiary/aromatic N) is 1. The molecule has 118 valence electrons. The van der Waals surface area contributed by atoms with E-state index in [0.29, 0.717) is 37.7 Å². The van der Waals surface area contributed by atoms with Crippen molar-refractivity contribution in [3.05, 3.63) is 0 Å². The lowest BCUT2D eigenvalue weighted by Gasteiger charge is -2.55. The third-order valence-electron chi connectivity index (χ3n) is 4.92. The van der Waals surface area contributed by atoms with Crippen LogP contribution >= 0.6 is 0 Å². The van der Waals surface area contributed by atoms with Gasteiger partial charge in [0.05, 0.1) is 11.9 Å². The van der Waals surface area contributed by atoms with Gasteiger partial charge in [-0.05, 0) is 6.42 Å².